The number of amides is 3. The van der Waals surface area contributed by atoms with Gasteiger partial charge in [-0.15, -0.1) is 0 Å². The molecular formula is C26H19N3O4. The lowest BCUT2D eigenvalue weighted by Crippen LogP contribution is -2.39. The van der Waals surface area contributed by atoms with Crippen LogP contribution in [0.1, 0.15) is 11.3 Å². The van der Waals surface area contributed by atoms with E-state index in [0.29, 0.717) is 30.0 Å². The van der Waals surface area contributed by atoms with Crippen molar-refractivity contribution < 1.29 is 18.7 Å². The van der Waals surface area contributed by atoms with Gasteiger partial charge in [0.1, 0.15) is 23.0 Å². The number of methoxy groups -OCH3 is 1. The fourth-order valence-corrected chi connectivity index (χ4v) is 5.30. The number of para-hydroxylation sites is 2. The van der Waals surface area contributed by atoms with E-state index in [-0.39, 0.29) is 11.9 Å². The third-order valence-corrected chi connectivity index (χ3v) is 6.87. The van der Waals surface area contributed by atoms with E-state index in [1.807, 2.05) is 48.5 Å². The van der Waals surface area contributed by atoms with E-state index in [4.69, 9.17) is 9.15 Å². The molecule has 3 aromatic carbocycles. The van der Waals surface area contributed by atoms with Crippen LogP contribution in [0.25, 0.3) is 32.8 Å². The van der Waals surface area contributed by atoms with Crippen molar-refractivity contribution in [3.63, 3.8) is 0 Å². The summed E-state index contributed by atoms with van der Waals surface area (Å²) in [5.41, 5.74) is 4.95. The number of ether oxygens (including phenoxy) is 1. The van der Waals surface area contributed by atoms with E-state index in [2.05, 4.69) is 11.1 Å². The van der Waals surface area contributed by atoms with Gasteiger partial charge in [0.05, 0.1) is 19.3 Å². The van der Waals surface area contributed by atoms with Gasteiger partial charge in [-0.1, -0.05) is 36.4 Å². The molecule has 7 heteroatoms. The summed E-state index contributed by atoms with van der Waals surface area (Å²) in [4.78, 5) is 33.5. The summed E-state index contributed by atoms with van der Waals surface area (Å²) in [7, 11) is 1.53. The summed E-state index contributed by atoms with van der Waals surface area (Å²) in [6.07, 6.45) is 0.486. The van der Waals surface area contributed by atoms with Crippen molar-refractivity contribution in [1.29, 1.82) is 0 Å². The van der Waals surface area contributed by atoms with Gasteiger partial charge in [0, 0.05) is 39.9 Å². The number of anilines is 1. The highest BCUT2D eigenvalue weighted by Gasteiger charge is 2.49. The number of carbonyl (C=O) groups is 2. The number of nitrogens with one attached hydrogen (secondary N) is 1. The number of urea groups is 1. The second kappa shape index (κ2) is 6.38. The highest BCUT2D eigenvalue weighted by atomic mass is 16.5. The second-order valence-electron chi connectivity index (χ2n) is 8.55. The SMILES string of the molecule is COc1cc2oc3ccccc3c2cc1N1C(=O)[C@@H]2Cc3c([nH]c4ccccc34)CN2C1=O. The second-order valence-corrected chi connectivity index (χ2v) is 8.55. The summed E-state index contributed by atoms with van der Waals surface area (Å²) in [6, 6.07) is 18.4. The van der Waals surface area contributed by atoms with Gasteiger partial charge < -0.3 is 19.0 Å². The van der Waals surface area contributed by atoms with E-state index >= 15 is 0 Å². The molecular weight excluding hydrogens is 418 g/mol. The number of aromatic nitrogens is 1. The summed E-state index contributed by atoms with van der Waals surface area (Å²) in [5.74, 6) is 0.188. The van der Waals surface area contributed by atoms with Gasteiger partial charge in [-0.3, -0.25) is 4.79 Å². The molecule has 1 saturated heterocycles. The van der Waals surface area contributed by atoms with Gasteiger partial charge in [-0.05, 0) is 23.8 Å². The summed E-state index contributed by atoms with van der Waals surface area (Å²) in [5, 5.41) is 2.87. The van der Waals surface area contributed by atoms with Gasteiger partial charge >= 0.3 is 6.03 Å². The van der Waals surface area contributed by atoms with Crippen molar-refractivity contribution in [3.05, 3.63) is 71.9 Å². The Morgan fingerprint density at radius 1 is 0.970 bits per heavy atom. The molecule has 1 fully saturated rings. The summed E-state index contributed by atoms with van der Waals surface area (Å²) in [6.45, 7) is 0.370. The molecule has 7 nitrogen and oxygen atoms in total. The van der Waals surface area contributed by atoms with Crippen LogP contribution in [0.15, 0.2) is 65.1 Å². The Kier molecular flexibility index (Phi) is 3.55. The quantitative estimate of drug-likeness (QED) is 0.396. The lowest BCUT2D eigenvalue weighted by Gasteiger charge is -2.26. The Bertz CT molecular complexity index is 1630. The molecule has 0 spiro atoms. The first-order valence-corrected chi connectivity index (χ1v) is 10.9. The maximum absolute atomic E-state index is 13.6. The molecule has 0 saturated carbocycles. The van der Waals surface area contributed by atoms with Gasteiger partial charge in [0.2, 0.25) is 0 Å². The normalized spacial score (nSPS) is 17.9. The Morgan fingerprint density at radius 3 is 2.61 bits per heavy atom. The largest absolute Gasteiger partial charge is 0.494 e. The topological polar surface area (TPSA) is 78.8 Å². The van der Waals surface area contributed by atoms with Crippen molar-refractivity contribution in [3.8, 4) is 5.75 Å². The Morgan fingerprint density at radius 2 is 1.76 bits per heavy atom. The molecule has 2 aliphatic heterocycles. The minimum atomic E-state index is -0.536. The van der Waals surface area contributed by atoms with Crippen molar-refractivity contribution in [2.75, 3.05) is 12.0 Å². The van der Waals surface area contributed by atoms with Crippen LogP contribution in [-0.2, 0) is 17.8 Å². The van der Waals surface area contributed by atoms with E-state index < -0.39 is 6.04 Å². The number of nitrogens with zero attached hydrogens (tertiary/aromatic N) is 2. The molecule has 0 unspecified atom stereocenters. The predicted molar refractivity (Wildman–Crippen MR) is 124 cm³/mol. The highest BCUT2D eigenvalue weighted by Crippen LogP contribution is 2.42. The van der Waals surface area contributed by atoms with Gasteiger partial charge in [0.15, 0.2) is 0 Å². The number of H-pyrrole nitrogens is 1. The van der Waals surface area contributed by atoms with Gasteiger partial charge in [0.25, 0.3) is 5.91 Å². The van der Waals surface area contributed by atoms with Crippen molar-refractivity contribution in [2.24, 2.45) is 0 Å². The van der Waals surface area contributed by atoms with E-state index in [1.54, 1.807) is 11.0 Å². The van der Waals surface area contributed by atoms with Crippen LogP contribution in [0.3, 0.4) is 0 Å². The molecule has 1 N–H and O–H groups in total. The standard InChI is InChI=1S/C26H19N3O4/c1-32-24-12-23-17(15-7-3-5-9-22(15)33-23)11-20(24)29-25(30)21-10-16-14-6-2-4-8-18(14)27-19(16)13-28(21)26(29)31/h2-9,11-12,21,27H,10,13H2,1H3/t21-/m0/s1. The highest BCUT2D eigenvalue weighted by molar-refractivity contribution is 6.23. The molecule has 2 aliphatic rings. The van der Waals surface area contributed by atoms with Crippen LogP contribution in [0.4, 0.5) is 10.5 Å². The first-order chi connectivity index (χ1) is 16.1. The Hall–Kier alpha value is -4.26. The van der Waals surface area contributed by atoms with E-state index in [1.165, 1.54) is 12.0 Å². The number of hydrogen-bond acceptors (Lipinski definition) is 4. The first kappa shape index (κ1) is 18.3. The number of fused-ring (bicyclic) bond motifs is 7. The maximum atomic E-state index is 13.6. The third-order valence-electron chi connectivity index (χ3n) is 6.87. The molecule has 0 radical (unpaired) electrons. The van der Waals surface area contributed by atoms with Crippen molar-refractivity contribution in [2.45, 2.75) is 19.0 Å². The zero-order valence-corrected chi connectivity index (χ0v) is 17.8. The zero-order valence-electron chi connectivity index (χ0n) is 17.8. The molecule has 3 amide bonds. The first-order valence-electron chi connectivity index (χ1n) is 10.9. The summed E-state index contributed by atoms with van der Waals surface area (Å²) >= 11 is 0. The fourth-order valence-electron chi connectivity index (χ4n) is 5.30. The lowest BCUT2D eigenvalue weighted by molar-refractivity contribution is -0.120. The molecule has 5 aromatic rings. The number of hydrogen-bond donors (Lipinski definition) is 1. The number of rotatable bonds is 2. The molecule has 2 aromatic heterocycles. The van der Waals surface area contributed by atoms with Crippen LogP contribution in [0.2, 0.25) is 0 Å². The minimum Gasteiger partial charge on any atom is -0.494 e. The minimum absolute atomic E-state index is 0.235. The molecule has 7 rings (SSSR count). The number of furan rings is 1. The van der Waals surface area contributed by atoms with Crippen LogP contribution in [-0.4, -0.2) is 35.0 Å². The average molecular weight is 437 g/mol. The lowest BCUT2D eigenvalue weighted by atomic mass is 9.97. The van der Waals surface area contributed by atoms with Gasteiger partial charge in [-0.2, -0.15) is 0 Å². The van der Waals surface area contributed by atoms with Gasteiger partial charge in [-0.25, -0.2) is 9.69 Å². The predicted octanol–water partition coefficient (Wildman–Crippen LogP) is 4.97. The molecule has 0 bridgehead atoms. The Balaban J connectivity index is 1.35. The van der Waals surface area contributed by atoms with E-state index in [0.717, 1.165) is 38.5 Å². The Labute approximate surface area is 188 Å². The third kappa shape index (κ3) is 2.39. The number of imide groups is 1. The number of benzene rings is 3. The number of carbonyl (C=O) groups excluding carboxylic acids is 2. The molecule has 33 heavy (non-hydrogen) atoms. The summed E-state index contributed by atoms with van der Waals surface area (Å²) < 4.78 is 11.5. The van der Waals surface area contributed by atoms with Crippen molar-refractivity contribution >= 4 is 50.5 Å². The van der Waals surface area contributed by atoms with Crippen LogP contribution < -0.4 is 9.64 Å². The molecule has 4 heterocycles. The van der Waals surface area contributed by atoms with E-state index in [9.17, 15) is 9.59 Å². The fraction of sp³-hybridized carbons (Fsp3) is 0.154. The number of aromatic amines is 1. The maximum Gasteiger partial charge on any atom is 0.332 e. The van der Waals surface area contributed by atoms with Crippen LogP contribution >= 0.6 is 0 Å². The van der Waals surface area contributed by atoms with Crippen LogP contribution in [0, 0.1) is 0 Å². The monoisotopic (exact) mass is 437 g/mol. The smallest absolute Gasteiger partial charge is 0.332 e. The molecule has 1 atom stereocenters. The average Bonchev–Trinajstić information content (AvgIpc) is 3.46. The molecule has 162 valence electrons. The molecule has 0 aliphatic carbocycles. The van der Waals surface area contributed by atoms with Crippen LogP contribution in [0.5, 0.6) is 5.75 Å². The zero-order chi connectivity index (χ0) is 22.3. The van der Waals surface area contributed by atoms with Crippen molar-refractivity contribution in [1.82, 2.24) is 9.88 Å².